The molecule has 0 aromatic heterocycles. The van der Waals surface area contributed by atoms with Crippen LogP contribution in [0.3, 0.4) is 0 Å². The predicted octanol–water partition coefficient (Wildman–Crippen LogP) is 4.37. The van der Waals surface area contributed by atoms with Crippen LogP contribution in [0.1, 0.15) is 34.3 Å². The molecular weight excluding hydrogens is 518 g/mol. The largest absolute Gasteiger partial charge is 0.497 e. The molecule has 39 heavy (non-hydrogen) atoms. The van der Waals surface area contributed by atoms with Crippen LogP contribution in [0.5, 0.6) is 11.5 Å². The molecule has 9 heteroatoms. The molecule has 8 nitrogen and oxygen atoms in total. The van der Waals surface area contributed by atoms with E-state index in [9.17, 15) is 14.4 Å². The lowest BCUT2D eigenvalue weighted by Crippen LogP contribution is -2.62. The van der Waals surface area contributed by atoms with Crippen LogP contribution in [0, 0.1) is 5.92 Å². The lowest BCUT2D eigenvalue weighted by atomic mass is 9.57. The standard InChI is InChI=1S/C30H26ClN3O5/c1-38-16-12-13-17(23(15-16)39-2)26(35)24-22-11-6-14-34(22)30(19-8-5-9-20(31)25(19)33-28(30)37)29(24)18-7-3-4-10-21(18)32-27(29)36/h3-5,7-10,12-13,15,22,24H,6,11,14H2,1-2H3,(H,32,36)(H,33,37)/t22-,24-,29+,30+/m0/s1. The van der Waals surface area contributed by atoms with Crippen LogP contribution in [0.15, 0.2) is 60.7 Å². The number of Topliss-reactive ketones (excluding diaryl/α,β-unsaturated/α-hetero) is 1. The van der Waals surface area contributed by atoms with Gasteiger partial charge in [-0.05, 0) is 49.2 Å². The Balaban J connectivity index is 1.57. The van der Waals surface area contributed by atoms with E-state index in [4.69, 9.17) is 21.1 Å². The summed E-state index contributed by atoms with van der Waals surface area (Å²) >= 11 is 6.61. The maximum absolute atomic E-state index is 14.8. The average molecular weight is 544 g/mol. The van der Waals surface area contributed by atoms with E-state index in [1.807, 2.05) is 30.3 Å². The van der Waals surface area contributed by atoms with Crippen LogP contribution in [0.25, 0.3) is 0 Å². The van der Waals surface area contributed by atoms with Crippen molar-refractivity contribution >= 4 is 40.6 Å². The molecule has 0 aliphatic carbocycles. The summed E-state index contributed by atoms with van der Waals surface area (Å²) in [5, 5.41) is 6.43. The number of methoxy groups -OCH3 is 2. The Morgan fingerprint density at radius 3 is 2.56 bits per heavy atom. The minimum absolute atomic E-state index is 0.251. The van der Waals surface area contributed by atoms with E-state index < -0.39 is 16.9 Å². The molecule has 2 amide bonds. The minimum atomic E-state index is -1.54. The van der Waals surface area contributed by atoms with Crippen LogP contribution < -0.4 is 20.1 Å². The van der Waals surface area contributed by atoms with Crippen molar-refractivity contribution in [2.75, 3.05) is 31.4 Å². The average Bonchev–Trinajstić information content (AvgIpc) is 3.67. The van der Waals surface area contributed by atoms with Crippen LogP contribution in [-0.4, -0.2) is 49.3 Å². The summed E-state index contributed by atoms with van der Waals surface area (Å²) < 4.78 is 11.0. The molecule has 4 heterocycles. The molecule has 2 fully saturated rings. The van der Waals surface area contributed by atoms with E-state index in [1.165, 1.54) is 7.11 Å². The first-order chi connectivity index (χ1) is 18.9. The number of anilines is 2. The van der Waals surface area contributed by atoms with Gasteiger partial charge in [0.1, 0.15) is 22.5 Å². The smallest absolute Gasteiger partial charge is 0.251 e. The second kappa shape index (κ2) is 8.31. The number of hydrogen-bond acceptors (Lipinski definition) is 6. The number of ether oxygens (including phenoxy) is 2. The van der Waals surface area contributed by atoms with Crippen LogP contribution in [0.4, 0.5) is 11.4 Å². The summed E-state index contributed by atoms with van der Waals surface area (Å²) in [7, 11) is 3.04. The third kappa shape index (κ3) is 2.75. The molecule has 2 N–H and O–H groups in total. The number of carbonyl (C=O) groups is 3. The maximum atomic E-state index is 14.8. The highest BCUT2D eigenvalue weighted by Gasteiger charge is 2.81. The Bertz CT molecular complexity index is 1590. The third-order valence-corrected chi connectivity index (χ3v) is 9.35. The highest BCUT2D eigenvalue weighted by molar-refractivity contribution is 6.35. The molecule has 198 valence electrons. The van der Waals surface area contributed by atoms with E-state index >= 15 is 0 Å². The Hall–Kier alpha value is -3.88. The first-order valence-electron chi connectivity index (χ1n) is 13.0. The normalized spacial score (nSPS) is 28.3. The maximum Gasteiger partial charge on any atom is 0.251 e. The van der Waals surface area contributed by atoms with Gasteiger partial charge in [0.25, 0.3) is 5.91 Å². The third-order valence-electron chi connectivity index (χ3n) is 9.04. The molecule has 3 aromatic rings. The van der Waals surface area contributed by atoms with Crippen molar-refractivity contribution in [3.8, 4) is 11.5 Å². The zero-order valence-electron chi connectivity index (χ0n) is 21.4. The molecule has 2 spiro atoms. The number of nitrogens with zero attached hydrogens (tertiary/aromatic N) is 1. The fraction of sp³-hybridized carbons (Fsp3) is 0.300. The van der Waals surface area contributed by atoms with E-state index in [2.05, 4.69) is 15.5 Å². The summed E-state index contributed by atoms with van der Waals surface area (Å²) in [6.45, 7) is 0.560. The molecule has 0 radical (unpaired) electrons. The monoisotopic (exact) mass is 543 g/mol. The summed E-state index contributed by atoms with van der Waals surface area (Å²) in [6, 6.07) is 17.4. The lowest BCUT2D eigenvalue weighted by molar-refractivity contribution is -0.137. The van der Waals surface area contributed by atoms with Gasteiger partial charge < -0.3 is 20.1 Å². The second-order valence-electron chi connectivity index (χ2n) is 10.4. The summed E-state index contributed by atoms with van der Waals surface area (Å²) in [5.74, 6) is -0.939. The summed E-state index contributed by atoms with van der Waals surface area (Å²) in [6.07, 6.45) is 1.45. The van der Waals surface area contributed by atoms with Crippen molar-refractivity contribution in [1.29, 1.82) is 0 Å². The molecule has 3 aromatic carbocycles. The number of ketones is 1. The Morgan fingerprint density at radius 2 is 1.77 bits per heavy atom. The van der Waals surface area contributed by atoms with Gasteiger partial charge >= 0.3 is 0 Å². The molecule has 4 aliphatic heterocycles. The van der Waals surface area contributed by atoms with Gasteiger partial charge in [-0.3, -0.25) is 19.3 Å². The zero-order valence-corrected chi connectivity index (χ0v) is 22.2. The highest BCUT2D eigenvalue weighted by Crippen LogP contribution is 2.68. The second-order valence-corrected chi connectivity index (χ2v) is 10.9. The predicted molar refractivity (Wildman–Crippen MR) is 146 cm³/mol. The first kappa shape index (κ1) is 24.2. The summed E-state index contributed by atoms with van der Waals surface area (Å²) in [5.41, 5.74) is -0.322. The minimum Gasteiger partial charge on any atom is -0.497 e. The first-order valence-corrected chi connectivity index (χ1v) is 13.3. The number of halogens is 1. The van der Waals surface area contributed by atoms with Crippen molar-refractivity contribution in [3.63, 3.8) is 0 Å². The number of carbonyl (C=O) groups excluding carboxylic acids is 3. The van der Waals surface area contributed by atoms with Gasteiger partial charge in [-0.25, -0.2) is 0 Å². The zero-order chi connectivity index (χ0) is 27.1. The molecular formula is C30H26ClN3O5. The molecule has 0 saturated carbocycles. The van der Waals surface area contributed by atoms with E-state index in [0.29, 0.717) is 57.6 Å². The molecule has 4 atom stereocenters. The molecule has 2 saturated heterocycles. The van der Waals surface area contributed by atoms with Crippen molar-refractivity contribution < 1.29 is 23.9 Å². The van der Waals surface area contributed by atoms with Gasteiger partial charge in [-0.1, -0.05) is 41.9 Å². The van der Waals surface area contributed by atoms with Crippen LogP contribution in [-0.2, 0) is 20.5 Å². The Morgan fingerprint density at radius 1 is 0.974 bits per heavy atom. The van der Waals surface area contributed by atoms with Gasteiger partial charge in [0.2, 0.25) is 5.91 Å². The number of amides is 2. The van der Waals surface area contributed by atoms with E-state index in [1.54, 1.807) is 37.4 Å². The topological polar surface area (TPSA) is 97.0 Å². The van der Waals surface area contributed by atoms with Crippen LogP contribution >= 0.6 is 11.6 Å². The lowest BCUT2D eigenvalue weighted by Gasteiger charge is -2.43. The van der Waals surface area contributed by atoms with Gasteiger partial charge in [-0.15, -0.1) is 0 Å². The number of hydrogen-bond donors (Lipinski definition) is 2. The van der Waals surface area contributed by atoms with Crippen molar-refractivity contribution in [3.05, 3.63) is 82.4 Å². The van der Waals surface area contributed by atoms with E-state index in [0.717, 1.165) is 6.42 Å². The Labute approximate surface area is 230 Å². The summed E-state index contributed by atoms with van der Waals surface area (Å²) in [4.78, 5) is 45.9. The van der Waals surface area contributed by atoms with Crippen molar-refractivity contribution in [2.45, 2.75) is 29.8 Å². The number of benzene rings is 3. The van der Waals surface area contributed by atoms with Crippen LogP contribution in [0.2, 0.25) is 5.02 Å². The van der Waals surface area contributed by atoms with Crippen molar-refractivity contribution in [2.24, 2.45) is 5.92 Å². The molecule has 7 rings (SSSR count). The van der Waals surface area contributed by atoms with Gasteiger partial charge in [0.05, 0.1) is 36.4 Å². The SMILES string of the molecule is COc1ccc(C(=O)[C@@H]2[C@@H]3CCCN3[C@]3(C(=O)Nc4c(Cl)cccc43)[C@@]23C(=O)Nc2ccccc23)c(OC)c1. The van der Waals surface area contributed by atoms with E-state index in [-0.39, 0.29) is 23.6 Å². The molecule has 4 aliphatic rings. The Kier molecular flexibility index (Phi) is 5.15. The number of rotatable bonds is 4. The number of fused-ring (bicyclic) bond motifs is 7. The molecule has 0 bridgehead atoms. The van der Waals surface area contributed by atoms with Crippen molar-refractivity contribution in [1.82, 2.24) is 4.90 Å². The van der Waals surface area contributed by atoms with Gasteiger partial charge in [0.15, 0.2) is 5.78 Å². The number of para-hydroxylation sites is 2. The number of nitrogens with one attached hydrogen (secondary N) is 2. The van der Waals surface area contributed by atoms with Gasteiger partial charge in [-0.2, -0.15) is 0 Å². The van der Waals surface area contributed by atoms with Gasteiger partial charge in [0, 0.05) is 23.4 Å². The fourth-order valence-corrected chi connectivity index (χ4v) is 7.96. The quantitative estimate of drug-likeness (QED) is 0.474. The molecule has 0 unspecified atom stereocenters. The highest BCUT2D eigenvalue weighted by atomic mass is 35.5. The fourth-order valence-electron chi connectivity index (χ4n) is 7.74.